The van der Waals surface area contributed by atoms with Crippen LogP contribution < -0.4 is 10.6 Å². The van der Waals surface area contributed by atoms with Gasteiger partial charge in [0.15, 0.2) is 0 Å². The minimum Gasteiger partial charge on any atom is -0.390 e. The lowest BCUT2D eigenvalue weighted by Crippen LogP contribution is -2.49. The Morgan fingerprint density at radius 3 is 2.88 bits per heavy atom. The lowest BCUT2D eigenvalue weighted by atomic mass is 10.1. The highest BCUT2D eigenvalue weighted by Gasteiger charge is 2.28. The number of hydrogen-bond donors (Lipinski definition) is 2. The molecule has 0 aliphatic carbocycles. The smallest absolute Gasteiger partial charge is 0.324 e. The predicted octanol–water partition coefficient (Wildman–Crippen LogP) is 0.378. The minimum atomic E-state index is -0.696. The van der Waals surface area contributed by atoms with E-state index in [1.54, 1.807) is 16.8 Å². The van der Waals surface area contributed by atoms with Gasteiger partial charge in [-0.2, -0.15) is 0 Å². The average Bonchev–Trinajstić information content (AvgIpc) is 2.34. The van der Waals surface area contributed by atoms with E-state index in [1.807, 2.05) is 24.3 Å². The Balaban J connectivity index is 2.32. The van der Waals surface area contributed by atoms with Gasteiger partial charge < -0.3 is 15.7 Å². The van der Waals surface area contributed by atoms with Gasteiger partial charge in [0, 0.05) is 20.1 Å². The van der Waals surface area contributed by atoms with Crippen LogP contribution in [0, 0.1) is 0 Å². The molecule has 0 saturated heterocycles. The van der Waals surface area contributed by atoms with Crippen molar-refractivity contribution in [1.29, 1.82) is 0 Å². The first kappa shape index (κ1) is 11.9. The Kier molecular flexibility index (Phi) is 3.31. The zero-order valence-electron chi connectivity index (χ0n) is 9.84. The van der Waals surface area contributed by atoms with Crippen LogP contribution >= 0.6 is 0 Å². The van der Waals surface area contributed by atoms with E-state index in [2.05, 4.69) is 0 Å². The Morgan fingerprint density at radius 2 is 2.18 bits per heavy atom. The Hall–Kier alpha value is -1.59. The highest BCUT2D eigenvalue weighted by Crippen LogP contribution is 2.27. The van der Waals surface area contributed by atoms with E-state index in [0.29, 0.717) is 6.54 Å². The molecule has 1 heterocycles. The number of nitrogens with zero attached hydrogens (tertiary/aromatic N) is 2. The third-order valence-corrected chi connectivity index (χ3v) is 2.91. The van der Waals surface area contributed by atoms with E-state index in [9.17, 15) is 9.90 Å². The fourth-order valence-electron chi connectivity index (χ4n) is 2.00. The molecule has 0 saturated carbocycles. The summed E-state index contributed by atoms with van der Waals surface area (Å²) in [6.07, 6.45) is -0.696. The number of aliphatic hydroxyl groups is 1. The molecule has 1 aliphatic heterocycles. The Labute approximate surface area is 100 Å². The van der Waals surface area contributed by atoms with Gasteiger partial charge in [-0.1, -0.05) is 18.2 Å². The number of carbonyl (C=O) groups is 1. The highest BCUT2D eigenvalue weighted by atomic mass is 16.3. The summed E-state index contributed by atoms with van der Waals surface area (Å²) >= 11 is 0. The molecule has 0 spiro atoms. The number of nitrogens with two attached hydrogens (primary N) is 1. The van der Waals surface area contributed by atoms with Crippen LogP contribution in [0.15, 0.2) is 24.3 Å². The van der Waals surface area contributed by atoms with E-state index < -0.39 is 6.10 Å². The monoisotopic (exact) mass is 235 g/mol. The third-order valence-electron chi connectivity index (χ3n) is 2.91. The van der Waals surface area contributed by atoms with Gasteiger partial charge in [-0.3, -0.25) is 4.90 Å². The molecule has 2 amide bonds. The second kappa shape index (κ2) is 4.73. The van der Waals surface area contributed by atoms with Crippen molar-refractivity contribution in [2.45, 2.75) is 12.6 Å². The summed E-state index contributed by atoms with van der Waals surface area (Å²) < 4.78 is 0. The molecule has 5 nitrogen and oxygen atoms in total. The summed E-state index contributed by atoms with van der Waals surface area (Å²) in [5.74, 6) is 0. The topological polar surface area (TPSA) is 69.8 Å². The lowest BCUT2D eigenvalue weighted by molar-refractivity contribution is 0.176. The molecular weight excluding hydrogens is 218 g/mol. The first-order chi connectivity index (χ1) is 8.13. The van der Waals surface area contributed by atoms with Crippen molar-refractivity contribution in [2.24, 2.45) is 5.73 Å². The molecule has 3 N–H and O–H groups in total. The fourth-order valence-corrected chi connectivity index (χ4v) is 2.00. The van der Waals surface area contributed by atoms with E-state index in [0.717, 1.165) is 11.3 Å². The number of urea groups is 1. The maximum absolute atomic E-state index is 12.0. The summed E-state index contributed by atoms with van der Waals surface area (Å²) in [5, 5.41) is 9.60. The summed E-state index contributed by atoms with van der Waals surface area (Å²) in [5.41, 5.74) is 7.33. The highest BCUT2D eigenvalue weighted by molar-refractivity contribution is 5.94. The summed E-state index contributed by atoms with van der Waals surface area (Å²) in [6, 6.07) is 7.61. The molecule has 1 aromatic carbocycles. The van der Waals surface area contributed by atoms with E-state index >= 15 is 0 Å². The van der Waals surface area contributed by atoms with Gasteiger partial charge in [-0.25, -0.2) is 4.79 Å². The minimum absolute atomic E-state index is 0.101. The van der Waals surface area contributed by atoms with E-state index in [1.165, 1.54) is 0 Å². The second-order valence-electron chi connectivity index (χ2n) is 4.27. The van der Waals surface area contributed by atoms with Crippen molar-refractivity contribution < 1.29 is 9.90 Å². The molecule has 1 aromatic rings. The first-order valence-corrected chi connectivity index (χ1v) is 5.62. The summed E-state index contributed by atoms with van der Waals surface area (Å²) in [7, 11) is 1.75. The first-order valence-electron chi connectivity index (χ1n) is 5.62. The normalized spacial score (nSPS) is 17.0. The molecule has 17 heavy (non-hydrogen) atoms. The Morgan fingerprint density at radius 1 is 1.47 bits per heavy atom. The molecule has 0 radical (unpaired) electrons. The molecule has 2 rings (SSSR count). The molecule has 0 bridgehead atoms. The van der Waals surface area contributed by atoms with Gasteiger partial charge in [0.05, 0.1) is 18.3 Å². The molecule has 1 atom stereocenters. The molecule has 1 aliphatic rings. The van der Waals surface area contributed by atoms with Gasteiger partial charge in [0.2, 0.25) is 0 Å². The molecule has 0 fully saturated rings. The second-order valence-corrected chi connectivity index (χ2v) is 4.27. The van der Waals surface area contributed by atoms with E-state index in [4.69, 9.17) is 5.73 Å². The standard InChI is InChI=1S/C12H17N3O2/c1-14-7-9-4-2-3-5-11(9)15(12(14)17)8-10(16)6-13/h2-5,10,16H,6-8,13H2,1H3. The van der Waals surface area contributed by atoms with Crippen LogP contribution in [0.25, 0.3) is 0 Å². The van der Waals surface area contributed by atoms with Gasteiger partial charge in [0.1, 0.15) is 0 Å². The largest absolute Gasteiger partial charge is 0.390 e. The van der Waals surface area contributed by atoms with Gasteiger partial charge >= 0.3 is 6.03 Å². The fraction of sp³-hybridized carbons (Fsp3) is 0.417. The van der Waals surface area contributed by atoms with Crippen molar-refractivity contribution >= 4 is 11.7 Å². The van der Waals surface area contributed by atoms with Crippen LogP contribution in [0.1, 0.15) is 5.56 Å². The number of hydrogen-bond acceptors (Lipinski definition) is 3. The Bertz CT molecular complexity index is 422. The van der Waals surface area contributed by atoms with Crippen LogP contribution in [0.3, 0.4) is 0 Å². The maximum atomic E-state index is 12.0. The number of fused-ring (bicyclic) bond motifs is 1. The maximum Gasteiger partial charge on any atom is 0.324 e. The third kappa shape index (κ3) is 2.25. The van der Waals surface area contributed by atoms with Crippen LogP contribution in [0.5, 0.6) is 0 Å². The summed E-state index contributed by atoms with van der Waals surface area (Å²) in [4.78, 5) is 15.2. The molecular formula is C12H17N3O2. The van der Waals surface area contributed by atoms with Crippen LogP contribution in [0.2, 0.25) is 0 Å². The van der Waals surface area contributed by atoms with Crippen LogP contribution in [-0.4, -0.2) is 42.3 Å². The van der Waals surface area contributed by atoms with Crippen LogP contribution in [0.4, 0.5) is 10.5 Å². The van der Waals surface area contributed by atoms with Crippen molar-refractivity contribution in [3.63, 3.8) is 0 Å². The number of para-hydroxylation sites is 1. The zero-order valence-corrected chi connectivity index (χ0v) is 9.84. The van der Waals surface area contributed by atoms with Gasteiger partial charge in [-0.05, 0) is 11.6 Å². The number of carbonyl (C=O) groups excluding carboxylic acids is 1. The van der Waals surface area contributed by atoms with Crippen LogP contribution in [-0.2, 0) is 6.54 Å². The number of amides is 2. The van der Waals surface area contributed by atoms with Crippen molar-refractivity contribution in [2.75, 3.05) is 25.0 Å². The average molecular weight is 235 g/mol. The molecule has 0 aromatic heterocycles. The van der Waals surface area contributed by atoms with Gasteiger partial charge in [-0.15, -0.1) is 0 Å². The molecule has 5 heteroatoms. The van der Waals surface area contributed by atoms with Gasteiger partial charge in [0.25, 0.3) is 0 Å². The van der Waals surface area contributed by atoms with Crippen molar-refractivity contribution in [3.8, 4) is 0 Å². The SMILES string of the molecule is CN1Cc2ccccc2N(CC(O)CN)C1=O. The molecule has 1 unspecified atom stereocenters. The van der Waals surface area contributed by atoms with E-state index in [-0.39, 0.29) is 19.1 Å². The number of β-amino-alcohol motifs (C(OH)–C–C–N with tert-alkyl or cyclic N) is 1. The summed E-state index contributed by atoms with van der Waals surface area (Å²) in [6.45, 7) is 0.983. The predicted molar refractivity (Wildman–Crippen MR) is 65.7 cm³/mol. The lowest BCUT2D eigenvalue weighted by Gasteiger charge is -2.36. The zero-order chi connectivity index (χ0) is 12.4. The van der Waals surface area contributed by atoms with Crippen molar-refractivity contribution in [3.05, 3.63) is 29.8 Å². The number of benzene rings is 1. The van der Waals surface area contributed by atoms with Crippen molar-refractivity contribution in [1.82, 2.24) is 4.90 Å². The number of rotatable bonds is 3. The number of aliphatic hydroxyl groups excluding tert-OH is 1. The molecule has 92 valence electrons. The number of anilines is 1. The quantitative estimate of drug-likeness (QED) is 0.795.